The predicted octanol–water partition coefficient (Wildman–Crippen LogP) is 0.624. The van der Waals surface area contributed by atoms with E-state index in [1.807, 2.05) is 0 Å². The first-order valence-corrected chi connectivity index (χ1v) is 5.24. The van der Waals surface area contributed by atoms with Gasteiger partial charge in [-0.25, -0.2) is 4.98 Å². The fourth-order valence-electron chi connectivity index (χ4n) is 1.13. The molecule has 2 N–H and O–H groups in total. The van der Waals surface area contributed by atoms with Gasteiger partial charge in [-0.05, 0) is 20.8 Å². The summed E-state index contributed by atoms with van der Waals surface area (Å²) in [5, 5.41) is 11.4. The van der Waals surface area contributed by atoms with Crippen LogP contribution in [-0.2, 0) is 4.79 Å². The SMILES string of the molecule is Cc1cnc(C(=O)NC(C)C(C)C(=O)O)cn1. The third-order valence-electron chi connectivity index (χ3n) is 2.51. The number of nitrogens with one attached hydrogen (secondary N) is 1. The molecular formula is C11H15N3O3. The molecule has 0 aliphatic carbocycles. The number of nitrogens with zero attached hydrogens (tertiary/aromatic N) is 2. The van der Waals surface area contributed by atoms with Crippen molar-refractivity contribution in [1.29, 1.82) is 0 Å². The maximum absolute atomic E-state index is 11.7. The number of carbonyl (C=O) groups is 2. The Bertz CT molecular complexity index is 416. The number of hydrogen-bond donors (Lipinski definition) is 2. The van der Waals surface area contributed by atoms with E-state index in [1.54, 1.807) is 13.8 Å². The molecular weight excluding hydrogens is 222 g/mol. The number of hydrogen-bond acceptors (Lipinski definition) is 4. The Morgan fingerprint density at radius 3 is 2.41 bits per heavy atom. The van der Waals surface area contributed by atoms with Crippen molar-refractivity contribution in [2.45, 2.75) is 26.8 Å². The molecule has 1 amide bonds. The van der Waals surface area contributed by atoms with Crippen molar-refractivity contribution in [1.82, 2.24) is 15.3 Å². The molecule has 0 aliphatic rings. The third kappa shape index (κ3) is 3.51. The van der Waals surface area contributed by atoms with Crippen LogP contribution < -0.4 is 5.32 Å². The van der Waals surface area contributed by atoms with Crippen LogP contribution in [0.3, 0.4) is 0 Å². The smallest absolute Gasteiger partial charge is 0.308 e. The van der Waals surface area contributed by atoms with Gasteiger partial charge in [-0.15, -0.1) is 0 Å². The van der Waals surface area contributed by atoms with Crippen LogP contribution in [0.2, 0.25) is 0 Å². The molecule has 0 saturated heterocycles. The zero-order chi connectivity index (χ0) is 13.0. The Morgan fingerprint density at radius 2 is 1.94 bits per heavy atom. The molecule has 92 valence electrons. The van der Waals surface area contributed by atoms with E-state index in [2.05, 4.69) is 15.3 Å². The molecule has 0 saturated carbocycles. The van der Waals surface area contributed by atoms with Gasteiger partial charge in [0.05, 0.1) is 17.8 Å². The van der Waals surface area contributed by atoms with Crippen LogP contribution in [-0.4, -0.2) is 33.0 Å². The maximum atomic E-state index is 11.7. The largest absolute Gasteiger partial charge is 0.481 e. The highest BCUT2D eigenvalue weighted by Gasteiger charge is 2.21. The number of carboxylic acids is 1. The van der Waals surface area contributed by atoms with Crippen molar-refractivity contribution in [3.63, 3.8) is 0 Å². The Morgan fingerprint density at radius 1 is 1.29 bits per heavy atom. The first-order valence-electron chi connectivity index (χ1n) is 5.24. The van der Waals surface area contributed by atoms with Gasteiger partial charge in [-0.2, -0.15) is 0 Å². The van der Waals surface area contributed by atoms with Crippen LogP contribution >= 0.6 is 0 Å². The topological polar surface area (TPSA) is 92.2 Å². The van der Waals surface area contributed by atoms with Crippen LogP contribution in [0.15, 0.2) is 12.4 Å². The zero-order valence-electron chi connectivity index (χ0n) is 9.97. The first-order chi connectivity index (χ1) is 7.91. The van der Waals surface area contributed by atoms with Crippen LogP contribution in [0.4, 0.5) is 0 Å². The van der Waals surface area contributed by atoms with Gasteiger partial charge in [0, 0.05) is 12.2 Å². The number of aryl methyl sites for hydroxylation is 1. The van der Waals surface area contributed by atoms with E-state index in [1.165, 1.54) is 19.3 Å². The van der Waals surface area contributed by atoms with Gasteiger partial charge >= 0.3 is 5.97 Å². The van der Waals surface area contributed by atoms with Gasteiger partial charge in [-0.3, -0.25) is 14.6 Å². The molecule has 0 radical (unpaired) electrons. The minimum absolute atomic E-state index is 0.181. The second-order valence-electron chi connectivity index (χ2n) is 3.93. The number of carbonyl (C=O) groups excluding carboxylic acids is 1. The standard InChI is InChI=1S/C11H15N3O3/c1-6-4-13-9(5-12-6)10(15)14-8(3)7(2)11(16)17/h4-5,7-8H,1-3H3,(H,14,15)(H,16,17). The maximum Gasteiger partial charge on any atom is 0.308 e. The van der Waals surface area contributed by atoms with E-state index in [-0.39, 0.29) is 5.69 Å². The molecule has 17 heavy (non-hydrogen) atoms. The second-order valence-corrected chi connectivity index (χ2v) is 3.93. The van der Waals surface area contributed by atoms with Gasteiger partial charge in [-0.1, -0.05) is 0 Å². The van der Waals surface area contributed by atoms with Crippen molar-refractivity contribution in [2.75, 3.05) is 0 Å². The van der Waals surface area contributed by atoms with Crippen LogP contribution in [0.1, 0.15) is 30.0 Å². The highest BCUT2D eigenvalue weighted by atomic mass is 16.4. The Hall–Kier alpha value is -1.98. The Balaban J connectivity index is 2.66. The number of aliphatic carboxylic acids is 1. The van der Waals surface area contributed by atoms with Crippen LogP contribution in [0.25, 0.3) is 0 Å². The van der Waals surface area contributed by atoms with E-state index >= 15 is 0 Å². The van der Waals surface area contributed by atoms with Crippen LogP contribution in [0, 0.1) is 12.8 Å². The summed E-state index contributed by atoms with van der Waals surface area (Å²) in [6.07, 6.45) is 2.85. The lowest BCUT2D eigenvalue weighted by Gasteiger charge is -2.17. The molecule has 0 spiro atoms. The summed E-state index contributed by atoms with van der Waals surface area (Å²) in [4.78, 5) is 30.3. The molecule has 0 fully saturated rings. The fourth-order valence-corrected chi connectivity index (χ4v) is 1.13. The quantitative estimate of drug-likeness (QED) is 0.801. The lowest BCUT2D eigenvalue weighted by molar-refractivity contribution is -0.141. The van der Waals surface area contributed by atoms with E-state index in [0.29, 0.717) is 5.69 Å². The molecule has 0 aliphatic heterocycles. The summed E-state index contributed by atoms with van der Waals surface area (Å²) >= 11 is 0. The Labute approximate surface area is 99.1 Å². The second kappa shape index (κ2) is 5.38. The average molecular weight is 237 g/mol. The minimum Gasteiger partial charge on any atom is -0.481 e. The van der Waals surface area contributed by atoms with Crippen molar-refractivity contribution < 1.29 is 14.7 Å². The molecule has 1 aromatic heterocycles. The summed E-state index contributed by atoms with van der Waals surface area (Å²) in [5.41, 5.74) is 0.897. The summed E-state index contributed by atoms with van der Waals surface area (Å²) in [7, 11) is 0. The fraction of sp³-hybridized carbons (Fsp3) is 0.455. The number of carboxylic acid groups (broad SMARTS) is 1. The molecule has 6 heteroatoms. The van der Waals surface area contributed by atoms with Crippen LogP contribution in [0.5, 0.6) is 0 Å². The van der Waals surface area contributed by atoms with E-state index in [4.69, 9.17) is 5.11 Å². The lowest BCUT2D eigenvalue weighted by Crippen LogP contribution is -2.40. The van der Waals surface area contributed by atoms with Gasteiger partial charge in [0.2, 0.25) is 0 Å². The number of rotatable bonds is 4. The van der Waals surface area contributed by atoms with Crippen molar-refractivity contribution in [2.24, 2.45) is 5.92 Å². The van der Waals surface area contributed by atoms with Crippen molar-refractivity contribution >= 4 is 11.9 Å². The molecule has 1 aromatic rings. The lowest BCUT2D eigenvalue weighted by atomic mass is 10.0. The molecule has 1 rings (SSSR count). The van der Waals surface area contributed by atoms with Gasteiger partial charge in [0.15, 0.2) is 0 Å². The van der Waals surface area contributed by atoms with Gasteiger partial charge in [0.25, 0.3) is 5.91 Å². The van der Waals surface area contributed by atoms with E-state index in [9.17, 15) is 9.59 Å². The highest BCUT2D eigenvalue weighted by molar-refractivity contribution is 5.92. The molecule has 1 heterocycles. The van der Waals surface area contributed by atoms with E-state index < -0.39 is 23.8 Å². The molecule has 6 nitrogen and oxygen atoms in total. The molecule has 0 aromatic carbocycles. The summed E-state index contributed by atoms with van der Waals surface area (Å²) < 4.78 is 0. The predicted molar refractivity (Wildman–Crippen MR) is 60.5 cm³/mol. The summed E-state index contributed by atoms with van der Waals surface area (Å²) in [6.45, 7) is 4.94. The normalized spacial score (nSPS) is 13.8. The Kier molecular flexibility index (Phi) is 4.14. The zero-order valence-corrected chi connectivity index (χ0v) is 9.97. The van der Waals surface area contributed by atoms with Gasteiger partial charge < -0.3 is 10.4 Å². The number of amides is 1. The molecule has 0 bridgehead atoms. The number of aromatic nitrogens is 2. The van der Waals surface area contributed by atoms with Crippen molar-refractivity contribution in [3.8, 4) is 0 Å². The molecule has 2 unspecified atom stereocenters. The first kappa shape index (κ1) is 13.1. The van der Waals surface area contributed by atoms with E-state index in [0.717, 1.165) is 0 Å². The summed E-state index contributed by atoms with van der Waals surface area (Å²) in [6, 6.07) is -0.469. The third-order valence-corrected chi connectivity index (χ3v) is 2.51. The minimum atomic E-state index is -0.951. The highest BCUT2D eigenvalue weighted by Crippen LogP contribution is 2.03. The monoisotopic (exact) mass is 237 g/mol. The molecule has 2 atom stereocenters. The van der Waals surface area contributed by atoms with Gasteiger partial charge in [0.1, 0.15) is 5.69 Å². The van der Waals surface area contributed by atoms with Crippen molar-refractivity contribution in [3.05, 3.63) is 23.8 Å². The summed E-state index contributed by atoms with van der Waals surface area (Å²) in [5.74, 6) is -2.02. The average Bonchev–Trinajstić information content (AvgIpc) is 2.28.